The fourth-order valence-corrected chi connectivity index (χ4v) is 2.96. The van der Waals surface area contributed by atoms with Crippen LogP contribution in [0, 0.1) is 5.92 Å². The molecular weight excluding hydrogens is 382 g/mol. The summed E-state index contributed by atoms with van der Waals surface area (Å²) in [4.78, 5) is 4.40. The number of aryl methyl sites for hydroxylation is 1. The maximum Gasteiger partial charge on any atom is 0.138 e. The molecule has 1 aromatic heterocycles. The quantitative estimate of drug-likeness (QED) is 0.650. The van der Waals surface area contributed by atoms with Crippen LogP contribution >= 0.6 is 31.9 Å². The molecule has 0 amide bonds. The lowest BCUT2D eigenvalue weighted by atomic mass is 9.98. The standard InChI is InChI=1S/C15H19Br2N3/c1-2-7-20-15(18-11-19-20)9-13(10-16)8-12-3-5-14(17)6-4-12/h3-6,11,13H,2,7-10H2,1H3. The van der Waals surface area contributed by atoms with Crippen LogP contribution < -0.4 is 0 Å². The SMILES string of the molecule is CCCn1ncnc1CC(CBr)Cc1ccc(Br)cc1. The van der Waals surface area contributed by atoms with Gasteiger partial charge in [0, 0.05) is 22.8 Å². The van der Waals surface area contributed by atoms with Crippen LogP contribution in [0.1, 0.15) is 24.7 Å². The third-order valence-corrected chi connectivity index (χ3v) is 4.70. The summed E-state index contributed by atoms with van der Waals surface area (Å²) in [7, 11) is 0. The third kappa shape index (κ3) is 4.42. The zero-order valence-corrected chi connectivity index (χ0v) is 14.8. The van der Waals surface area contributed by atoms with Crippen molar-refractivity contribution >= 4 is 31.9 Å². The van der Waals surface area contributed by atoms with Crippen LogP contribution in [0.5, 0.6) is 0 Å². The Hall–Kier alpha value is -0.680. The van der Waals surface area contributed by atoms with E-state index < -0.39 is 0 Å². The molecule has 20 heavy (non-hydrogen) atoms. The minimum absolute atomic E-state index is 0.538. The molecule has 0 saturated carbocycles. The highest BCUT2D eigenvalue weighted by Gasteiger charge is 2.13. The topological polar surface area (TPSA) is 30.7 Å². The van der Waals surface area contributed by atoms with E-state index in [0.717, 1.165) is 41.4 Å². The molecule has 0 spiro atoms. The fourth-order valence-electron chi connectivity index (χ4n) is 2.24. The zero-order chi connectivity index (χ0) is 14.4. The third-order valence-electron chi connectivity index (χ3n) is 3.26. The molecule has 0 saturated heterocycles. The van der Waals surface area contributed by atoms with Crippen molar-refractivity contribution in [1.82, 2.24) is 14.8 Å². The van der Waals surface area contributed by atoms with Gasteiger partial charge in [-0.05, 0) is 36.5 Å². The highest BCUT2D eigenvalue weighted by Crippen LogP contribution is 2.18. The van der Waals surface area contributed by atoms with E-state index in [-0.39, 0.29) is 0 Å². The van der Waals surface area contributed by atoms with Gasteiger partial charge in [0.25, 0.3) is 0 Å². The molecule has 0 aliphatic rings. The Morgan fingerprint density at radius 1 is 1.20 bits per heavy atom. The Kier molecular flexibility index (Phi) is 6.23. The van der Waals surface area contributed by atoms with Crippen molar-refractivity contribution in [3.63, 3.8) is 0 Å². The van der Waals surface area contributed by atoms with Crippen LogP contribution in [0.15, 0.2) is 35.1 Å². The first-order valence-corrected chi connectivity index (χ1v) is 8.81. The van der Waals surface area contributed by atoms with Crippen molar-refractivity contribution in [2.75, 3.05) is 5.33 Å². The smallest absolute Gasteiger partial charge is 0.138 e. The Balaban J connectivity index is 2.01. The van der Waals surface area contributed by atoms with E-state index in [1.165, 1.54) is 5.56 Å². The Labute approximate surface area is 137 Å². The Morgan fingerprint density at radius 2 is 1.95 bits per heavy atom. The molecule has 1 unspecified atom stereocenters. The molecule has 108 valence electrons. The Bertz CT molecular complexity index is 522. The summed E-state index contributed by atoms with van der Waals surface area (Å²) in [5.41, 5.74) is 1.36. The molecule has 0 fully saturated rings. The van der Waals surface area contributed by atoms with E-state index in [2.05, 4.69) is 73.1 Å². The monoisotopic (exact) mass is 399 g/mol. The molecule has 0 radical (unpaired) electrons. The summed E-state index contributed by atoms with van der Waals surface area (Å²) in [5, 5.41) is 5.27. The average molecular weight is 401 g/mol. The predicted molar refractivity (Wildman–Crippen MR) is 89.1 cm³/mol. The lowest BCUT2D eigenvalue weighted by molar-refractivity contribution is 0.511. The fraction of sp³-hybridized carbons (Fsp3) is 0.467. The second kappa shape index (κ2) is 7.93. The highest BCUT2D eigenvalue weighted by molar-refractivity contribution is 9.10. The number of rotatable bonds is 7. The minimum atomic E-state index is 0.538. The molecule has 0 bridgehead atoms. The molecule has 0 aliphatic heterocycles. The van der Waals surface area contributed by atoms with Crippen molar-refractivity contribution < 1.29 is 0 Å². The average Bonchev–Trinajstić information content (AvgIpc) is 2.88. The van der Waals surface area contributed by atoms with Crippen molar-refractivity contribution in [3.05, 3.63) is 46.5 Å². The van der Waals surface area contributed by atoms with Crippen molar-refractivity contribution in [3.8, 4) is 0 Å². The van der Waals surface area contributed by atoms with Gasteiger partial charge in [0.2, 0.25) is 0 Å². The van der Waals surface area contributed by atoms with Crippen molar-refractivity contribution in [1.29, 1.82) is 0 Å². The molecular formula is C15H19Br2N3. The summed E-state index contributed by atoms with van der Waals surface area (Å²) in [6, 6.07) is 8.55. The minimum Gasteiger partial charge on any atom is -0.250 e. The van der Waals surface area contributed by atoms with Crippen LogP contribution in [-0.2, 0) is 19.4 Å². The van der Waals surface area contributed by atoms with E-state index in [0.29, 0.717) is 5.92 Å². The normalized spacial score (nSPS) is 12.6. The van der Waals surface area contributed by atoms with Gasteiger partial charge in [0.1, 0.15) is 12.2 Å². The van der Waals surface area contributed by atoms with Gasteiger partial charge in [-0.2, -0.15) is 5.10 Å². The largest absolute Gasteiger partial charge is 0.250 e. The van der Waals surface area contributed by atoms with Gasteiger partial charge in [0.15, 0.2) is 0 Å². The van der Waals surface area contributed by atoms with E-state index in [1.807, 2.05) is 4.68 Å². The molecule has 3 nitrogen and oxygen atoms in total. The van der Waals surface area contributed by atoms with Gasteiger partial charge in [-0.25, -0.2) is 4.98 Å². The predicted octanol–water partition coefficient (Wildman–Crippen LogP) is 4.25. The van der Waals surface area contributed by atoms with Crippen LogP contribution in [0.4, 0.5) is 0 Å². The summed E-state index contributed by atoms with van der Waals surface area (Å²) in [5.74, 6) is 1.63. The number of hydrogen-bond acceptors (Lipinski definition) is 2. The molecule has 5 heteroatoms. The molecule has 0 aliphatic carbocycles. The molecule has 2 aromatic rings. The number of alkyl halides is 1. The first-order chi connectivity index (χ1) is 9.72. The second-order valence-corrected chi connectivity index (χ2v) is 6.52. The van der Waals surface area contributed by atoms with E-state index in [9.17, 15) is 0 Å². The summed E-state index contributed by atoms with van der Waals surface area (Å²) in [6.07, 6.45) is 4.76. The van der Waals surface area contributed by atoms with Crippen LogP contribution in [0.2, 0.25) is 0 Å². The van der Waals surface area contributed by atoms with Crippen molar-refractivity contribution in [2.24, 2.45) is 5.92 Å². The number of benzene rings is 1. The van der Waals surface area contributed by atoms with Gasteiger partial charge < -0.3 is 0 Å². The number of halogens is 2. The van der Waals surface area contributed by atoms with Gasteiger partial charge in [0.05, 0.1) is 0 Å². The van der Waals surface area contributed by atoms with E-state index in [4.69, 9.17) is 0 Å². The molecule has 0 N–H and O–H groups in total. The lowest BCUT2D eigenvalue weighted by Crippen LogP contribution is -2.15. The van der Waals surface area contributed by atoms with Crippen molar-refractivity contribution in [2.45, 2.75) is 32.7 Å². The molecule has 1 heterocycles. The van der Waals surface area contributed by atoms with Crippen LogP contribution in [-0.4, -0.2) is 20.1 Å². The first kappa shape index (κ1) is 15.7. The van der Waals surface area contributed by atoms with Gasteiger partial charge in [-0.3, -0.25) is 4.68 Å². The molecule has 1 atom stereocenters. The number of hydrogen-bond donors (Lipinski definition) is 0. The molecule has 2 rings (SSSR count). The second-order valence-electron chi connectivity index (χ2n) is 4.95. The van der Waals surface area contributed by atoms with E-state index >= 15 is 0 Å². The maximum atomic E-state index is 4.40. The summed E-state index contributed by atoms with van der Waals surface area (Å²) in [6.45, 7) is 3.11. The van der Waals surface area contributed by atoms with Gasteiger partial charge >= 0.3 is 0 Å². The summed E-state index contributed by atoms with van der Waals surface area (Å²) < 4.78 is 3.15. The molecule has 1 aromatic carbocycles. The first-order valence-electron chi connectivity index (χ1n) is 6.90. The van der Waals surface area contributed by atoms with Crippen LogP contribution in [0.3, 0.4) is 0 Å². The lowest BCUT2D eigenvalue weighted by Gasteiger charge is -2.14. The number of nitrogens with zero attached hydrogens (tertiary/aromatic N) is 3. The van der Waals surface area contributed by atoms with Gasteiger partial charge in [-0.15, -0.1) is 0 Å². The Morgan fingerprint density at radius 3 is 2.60 bits per heavy atom. The van der Waals surface area contributed by atoms with E-state index in [1.54, 1.807) is 6.33 Å². The maximum absolute atomic E-state index is 4.40. The number of aromatic nitrogens is 3. The van der Waals surface area contributed by atoms with Crippen LogP contribution in [0.25, 0.3) is 0 Å². The zero-order valence-electron chi connectivity index (χ0n) is 11.6. The highest BCUT2D eigenvalue weighted by atomic mass is 79.9. The summed E-state index contributed by atoms with van der Waals surface area (Å²) >= 11 is 7.10. The van der Waals surface area contributed by atoms with Gasteiger partial charge in [-0.1, -0.05) is 50.9 Å².